The number of aliphatic hydroxyl groups is 3. The highest BCUT2D eigenvalue weighted by Crippen LogP contribution is 2.44. The van der Waals surface area contributed by atoms with E-state index in [0.29, 0.717) is 5.56 Å². The minimum Gasteiger partial charge on any atom is -0.508 e. The molecular formula is C30H27O14+. The number of benzene rings is 3. The molecule has 1 aliphatic heterocycles. The average Bonchev–Trinajstić information content (AvgIpc) is 2.98. The van der Waals surface area contributed by atoms with Crippen molar-refractivity contribution >= 4 is 23.0 Å². The van der Waals surface area contributed by atoms with Gasteiger partial charge in [-0.3, -0.25) is 0 Å². The van der Waals surface area contributed by atoms with Crippen LogP contribution < -0.4 is 4.74 Å². The van der Waals surface area contributed by atoms with Crippen LogP contribution in [0.3, 0.4) is 0 Å². The van der Waals surface area contributed by atoms with Crippen LogP contribution in [-0.2, 0) is 14.3 Å². The summed E-state index contributed by atoms with van der Waals surface area (Å²) in [6.45, 7) is -0.571. The van der Waals surface area contributed by atoms with Crippen LogP contribution in [0.1, 0.15) is 5.56 Å². The number of fused-ring (bicyclic) bond motifs is 1. The number of aromatic hydroxyl groups is 6. The molecule has 44 heavy (non-hydrogen) atoms. The van der Waals surface area contributed by atoms with Crippen molar-refractivity contribution in [2.45, 2.75) is 30.7 Å². The first kappa shape index (κ1) is 30.2. The average molecular weight is 612 g/mol. The summed E-state index contributed by atoms with van der Waals surface area (Å²) in [6.07, 6.45) is -6.01. The number of carbonyl (C=O) groups is 1. The highest BCUT2D eigenvalue weighted by molar-refractivity contribution is 5.89. The van der Waals surface area contributed by atoms with E-state index >= 15 is 0 Å². The Morgan fingerprint density at radius 2 is 1.50 bits per heavy atom. The van der Waals surface area contributed by atoms with E-state index in [1.54, 1.807) is 12.1 Å². The fourth-order valence-electron chi connectivity index (χ4n) is 4.45. The molecule has 5 unspecified atom stereocenters. The Hall–Kier alpha value is -5.28. The van der Waals surface area contributed by atoms with Crippen molar-refractivity contribution in [3.63, 3.8) is 0 Å². The molecule has 0 amide bonds. The first-order valence-corrected chi connectivity index (χ1v) is 13.0. The number of carbonyl (C=O) groups excluding carboxylic acids is 1. The molecule has 1 saturated heterocycles. The molecule has 230 valence electrons. The normalized spacial score (nSPS) is 21.8. The number of ether oxygens (including phenoxy) is 3. The van der Waals surface area contributed by atoms with Gasteiger partial charge in [0.25, 0.3) is 0 Å². The fourth-order valence-corrected chi connectivity index (χ4v) is 4.45. The van der Waals surface area contributed by atoms with Gasteiger partial charge >= 0.3 is 17.3 Å². The standard InChI is InChI=1S/C30H26O14/c31-15-4-1-13(2-5-15)3-6-24(36)41-12-23-26(38)27(39)28(40)30(44-23)43-22-11-17-18(33)9-16(32)10-21(17)42-29(22)14-7-19(34)25(37)20(35)8-14/h1-11,23,26-28,30,38-40H,12H2,(H5-,31,32,33,34,35,36,37)/p+1. The van der Waals surface area contributed by atoms with E-state index in [4.69, 9.17) is 18.6 Å². The number of hydrogen-bond donors (Lipinski definition) is 9. The molecule has 2 heterocycles. The summed E-state index contributed by atoms with van der Waals surface area (Å²) in [4.78, 5) is 12.3. The second-order valence-corrected chi connectivity index (χ2v) is 9.87. The van der Waals surface area contributed by atoms with E-state index in [1.165, 1.54) is 24.3 Å². The van der Waals surface area contributed by atoms with Crippen LogP contribution in [0.25, 0.3) is 28.4 Å². The molecule has 0 radical (unpaired) electrons. The van der Waals surface area contributed by atoms with E-state index in [2.05, 4.69) is 0 Å². The topological polar surface area (TPSA) is 238 Å². The first-order chi connectivity index (χ1) is 20.9. The van der Waals surface area contributed by atoms with Crippen LogP contribution >= 0.6 is 0 Å². The summed E-state index contributed by atoms with van der Waals surface area (Å²) >= 11 is 0. The highest BCUT2D eigenvalue weighted by atomic mass is 16.7. The summed E-state index contributed by atoms with van der Waals surface area (Å²) in [5.41, 5.74) is 0.464. The molecule has 3 aromatic carbocycles. The maximum absolute atomic E-state index is 12.3. The lowest BCUT2D eigenvalue weighted by molar-refractivity contribution is -0.278. The van der Waals surface area contributed by atoms with Gasteiger partial charge in [0.15, 0.2) is 17.2 Å². The van der Waals surface area contributed by atoms with E-state index < -0.39 is 66.3 Å². The molecule has 1 aromatic heterocycles. The van der Waals surface area contributed by atoms with Crippen molar-refractivity contribution in [3.8, 4) is 51.6 Å². The van der Waals surface area contributed by atoms with E-state index in [-0.39, 0.29) is 39.5 Å². The summed E-state index contributed by atoms with van der Waals surface area (Å²) in [7, 11) is 0. The smallest absolute Gasteiger partial charge is 0.402 e. The van der Waals surface area contributed by atoms with E-state index in [9.17, 15) is 50.8 Å². The molecule has 5 atom stereocenters. The van der Waals surface area contributed by atoms with Gasteiger partial charge in [0.05, 0.1) is 11.6 Å². The summed E-state index contributed by atoms with van der Waals surface area (Å²) in [5.74, 6) is -4.35. The Bertz CT molecular complexity index is 1690. The predicted molar refractivity (Wildman–Crippen MR) is 150 cm³/mol. The van der Waals surface area contributed by atoms with Gasteiger partial charge in [-0.05, 0) is 23.8 Å². The number of esters is 1. The summed E-state index contributed by atoms with van der Waals surface area (Å²) in [6, 6.07) is 11.4. The highest BCUT2D eigenvalue weighted by Gasteiger charge is 2.46. The van der Waals surface area contributed by atoms with Crippen molar-refractivity contribution in [1.29, 1.82) is 0 Å². The number of aliphatic hydroxyl groups excluding tert-OH is 3. The lowest BCUT2D eigenvalue weighted by atomic mass is 9.99. The Labute approximate surface area is 247 Å². The monoisotopic (exact) mass is 611 g/mol. The third-order valence-corrected chi connectivity index (χ3v) is 6.75. The lowest BCUT2D eigenvalue weighted by Crippen LogP contribution is -2.60. The van der Waals surface area contributed by atoms with Gasteiger partial charge in [-0.2, -0.15) is 0 Å². The van der Waals surface area contributed by atoms with Crippen LogP contribution in [0.4, 0.5) is 0 Å². The Balaban J connectivity index is 1.41. The minimum atomic E-state index is -1.86. The molecule has 0 bridgehead atoms. The second-order valence-electron chi connectivity index (χ2n) is 9.87. The second kappa shape index (κ2) is 12.1. The molecule has 5 rings (SSSR count). The Morgan fingerprint density at radius 3 is 2.18 bits per heavy atom. The SMILES string of the molecule is O=C(/C=C/c1ccc(O)cc1)OCC1OC(Oc2cc3c(O)cc(O)cc3[o+]c2-c2cc(O)c(O)c(O)c2)C(O)C(O)C1O. The van der Waals surface area contributed by atoms with Gasteiger partial charge in [0.2, 0.25) is 12.0 Å². The van der Waals surface area contributed by atoms with Crippen molar-refractivity contribution < 1.29 is 69.4 Å². The molecule has 9 N–H and O–H groups in total. The van der Waals surface area contributed by atoms with Gasteiger partial charge < -0.3 is 60.2 Å². The van der Waals surface area contributed by atoms with E-state index in [1.807, 2.05) is 0 Å². The maximum Gasteiger partial charge on any atom is 0.402 e. The van der Waals surface area contributed by atoms with E-state index in [0.717, 1.165) is 30.3 Å². The van der Waals surface area contributed by atoms with Gasteiger partial charge in [0.1, 0.15) is 53.7 Å². The van der Waals surface area contributed by atoms with Gasteiger partial charge in [-0.1, -0.05) is 12.1 Å². The number of rotatable bonds is 7. The Kier molecular flexibility index (Phi) is 8.33. The van der Waals surface area contributed by atoms with Gasteiger partial charge in [-0.15, -0.1) is 0 Å². The third kappa shape index (κ3) is 6.23. The third-order valence-electron chi connectivity index (χ3n) is 6.75. The van der Waals surface area contributed by atoms with Crippen LogP contribution in [-0.4, -0.2) is 89.2 Å². The van der Waals surface area contributed by atoms with Crippen molar-refractivity contribution in [1.82, 2.24) is 0 Å². The van der Waals surface area contributed by atoms with Crippen LogP contribution in [0, 0.1) is 0 Å². The van der Waals surface area contributed by atoms with Crippen LogP contribution in [0.5, 0.6) is 40.2 Å². The summed E-state index contributed by atoms with van der Waals surface area (Å²) in [5, 5.41) is 91.2. The molecule has 1 fully saturated rings. The summed E-state index contributed by atoms with van der Waals surface area (Å²) < 4.78 is 22.4. The van der Waals surface area contributed by atoms with Crippen LogP contribution in [0.15, 0.2) is 65.1 Å². The zero-order chi connectivity index (χ0) is 31.7. The zero-order valence-corrected chi connectivity index (χ0v) is 22.5. The molecule has 1 aliphatic rings. The first-order valence-electron chi connectivity index (χ1n) is 13.0. The minimum absolute atomic E-state index is 0.0190. The molecule has 14 heteroatoms. The van der Waals surface area contributed by atoms with Crippen molar-refractivity contribution in [2.24, 2.45) is 0 Å². The van der Waals surface area contributed by atoms with Gasteiger partial charge in [0, 0.05) is 30.3 Å². The zero-order valence-electron chi connectivity index (χ0n) is 22.5. The molecule has 0 spiro atoms. The number of phenolic OH excluding ortho intramolecular Hbond substituents is 6. The molecule has 14 nitrogen and oxygen atoms in total. The van der Waals surface area contributed by atoms with Crippen molar-refractivity contribution in [2.75, 3.05) is 6.61 Å². The fraction of sp³-hybridized carbons (Fsp3) is 0.200. The molecule has 0 saturated carbocycles. The Morgan fingerprint density at radius 1 is 0.818 bits per heavy atom. The predicted octanol–water partition coefficient (Wildman–Crippen LogP) is 2.06. The number of hydrogen-bond acceptors (Lipinski definition) is 13. The van der Waals surface area contributed by atoms with Crippen molar-refractivity contribution in [3.05, 3.63) is 66.2 Å². The van der Waals surface area contributed by atoms with Crippen LogP contribution in [0.2, 0.25) is 0 Å². The largest absolute Gasteiger partial charge is 0.508 e. The number of phenols is 6. The molecular weight excluding hydrogens is 584 g/mol. The quantitative estimate of drug-likeness (QED) is 0.0629. The molecule has 0 aliphatic carbocycles. The lowest BCUT2D eigenvalue weighted by Gasteiger charge is -2.39. The molecule has 4 aromatic rings. The van der Waals surface area contributed by atoms with Gasteiger partial charge in [-0.25, -0.2) is 9.21 Å². The maximum atomic E-state index is 12.3.